The van der Waals surface area contributed by atoms with Crippen molar-refractivity contribution in [3.05, 3.63) is 29.3 Å². The molecule has 1 aromatic carbocycles. The number of amidine groups is 1. The van der Waals surface area contributed by atoms with Gasteiger partial charge in [-0.2, -0.15) is 0 Å². The van der Waals surface area contributed by atoms with Gasteiger partial charge in [-0.15, -0.1) is 0 Å². The monoisotopic (exact) mass is 261 g/mol. The first-order chi connectivity index (χ1) is 9.15. The van der Waals surface area contributed by atoms with E-state index in [1.807, 2.05) is 13.0 Å². The number of anilines is 1. The maximum Gasteiger partial charge on any atom is 0.170 e. The summed E-state index contributed by atoms with van der Waals surface area (Å²) in [6, 6.07) is 6.12. The maximum atomic E-state index is 8.74. The average Bonchev–Trinajstić information content (AvgIpc) is 2.46. The second-order valence-corrected chi connectivity index (χ2v) is 5.32. The Morgan fingerprint density at radius 2 is 2.11 bits per heavy atom. The first-order valence-corrected chi connectivity index (χ1v) is 6.99. The molecule has 1 aromatic rings. The molecule has 1 fully saturated rings. The van der Waals surface area contributed by atoms with Gasteiger partial charge in [0.05, 0.1) is 0 Å². The normalized spacial score (nSPS) is 17.8. The van der Waals surface area contributed by atoms with Gasteiger partial charge in [0.2, 0.25) is 0 Å². The Bertz CT molecular complexity index is 462. The van der Waals surface area contributed by atoms with Gasteiger partial charge in [0, 0.05) is 24.3 Å². The first-order valence-electron chi connectivity index (χ1n) is 6.99. The zero-order valence-corrected chi connectivity index (χ0v) is 11.8. The van der Waals surface area contributed by atoms with Crippen LogP contribution in [0, 0.1) is 12.8 Å². The van der Waals surface area contributed by atoms with E-state index in [1.54, 1.807) is 0 Å². The summed E-state index contributed by atoms with van der Waals surface area (Å²) < 4.78 is 0. The fraction of sp³-hybridized carbons (Fsp3) is 0.533. The van der Waals surface area contributed by atoms with Crippen LogP contribution in [0.2, 0.25) is 0 Å². The first kappa shape index (κ1) is 13.7. The highest BCUT2D eigenvalue weighted by atomic mass is 16.4. The summed E-state index contributed by atoms with van der Waals surface area (Å²) in [6.07, 6.45) is 3.84. The molecule has 104 valence electrons. The SMILES string of the molecule is CCC1CCN(c2ccc(/C(N)=N/O)c(C)c2)CC1. The lowest BCUT2D eigenvalue weighted by Crippen LogP contribution is -2.33. The molecule has 4 nitrogen and oxygen atoms in total. The summed E-state index contributed by atoms with van der Waals surface area (Å²) >= 11 is 0. The van der Waals surface area contributed by atoms with E-state index in [1.165, 1.54) is 24.9 Å². The number of hydrogen-bond acceptors (Lipinski definition) is 3. The van der Waals surface area contributed by atoms with E-state index in [0.29, 0.717) is 0 Å². The standard InChI is InChI=1S/C15H23N3O/c1-3-12-6-8-18(9-7-12)13-4-5-14(11(2)10-13)15(16)17-19/h4-5,10,12,19H,3,6-9H2,1-2H3,(H2,16,17). The van der Waals surface area contributed by atoms with Gasteiger partial charge < -0.3 is 15.8 Å². The van der Waals surface area contributed by atoms with Crippen molar-refractivity contribution >= 4 is 11.5 Å². The largest absolute Gasteiger partial charge is 0.409 e. The molecule has 0 radical (unpaired) electrons. The lowest BCUT2D eigenvalue weighted by Gasteiger charge is -2.33. The summed E-state index contributed by atoms with van der Waals surface area (Å²) in [7, 11) is 0. The van der Waals surface area contributed by atoms with Crippen molar-refractivity contribution < 1.29 is 5.21 Å². The van der Waals surface area contributed by atoms with E-state index >= 15 is 0 Å². The number of piperidine rings is 1. The van der Waals surface area contributed by atoms with E-state index in [2.05, 4.69) is 29.1 Å². The van der Waals surface area contributed by atoms with Crippen molar-refractivity contribution in [3.63, 3.8) is 0 Å². The fourth-order valence-electron chi connectivity index (χ4n) is 2.79. The van der Waals surface area contributed by atoms with Crippen LogP contribution in [0.15, 0.2) is 23.4 Å². The van der Waals surface area contributed by atoms with Gasteiger partial charge in [-0.25, -0.2) is 0 Å². The molecule has 0 bridgehead atoms. The van der Waals surface area contributed by atoms with Crippen molar-refractivity contribution in [2.24, 2.45) is 16.8 Å². The summed E-state index contributed by atoms with van der Waals surface area (Å²) in [5.41, 5.74) is 8.73. The van der Waals surface area contributed by atoms with Crippen molar-refractivity contribution in [2.75, 3.05) is 18.0 Å². The third-order valence-corrected chi connectivity index (χ3v) is 4.15. The zero-order chi connectivity index (χ0) is 13.8. The van der Waals surface area contributed by atoms with Crippen LogP contribution < -0.4 is 10.6 Å². The van der Waals surface area contributed by atoms with Crippen LogP contribution in [0.3, 0.4) is 0 Å². The number of nitrogens with two attached hydrogens (primary N) is 1. The Labute approximate surface area is 114 Å². The second-order valence-electron chi connectivity index (χ2n) is 5.32. The smallest absolute Gasteiger partial charge is 0.170 e. The molecule has 0 saturated carbocycles. The van der Waals surface area contributed by atoms with Gasteiger partial charge in [0.25, 0.3) is 0 Å². The molecular weight excluding hydrogens is 238 g/mol. The molecule has 0 amide bonds. The Hall–Kier alpha value is -1.71. The molecule has 0 aromatic heterocycles. The predicted molar refractivity (Wildman–Crippen MR) is 78.9 cm³/mol. The number of aryl methyl sites for hydroxylation is 1. The molecule has 1 saturated heterocycles. The molecule has 0 spiro atoms. The zero-order valence-electron chi connectivity index (χ0n) is 11.8. The molecule has 1 aliphatic heterocycles. The van der Waals surface area contributed by atoms with Gasteiger partial charge in [0.15, 0.2) is 5.84 Å². The molecular formula is C15H23N3O. The highest BCUT2D eigenvalue weighted by Gasteiger charge is 2.18. The summed E-state index contributed by atoms with van der Waals surface area (Å²) in [6.45, 7) is 6.52. The topological polar surface area (TPSA) is 61.8 Å². The predicted octanol–water partition coefficient (Wildman–Crippen LogP) is 2.72. The Balaban J connectivity index is 2.12. The van der Waals surface area contributed by atoms with E-state index in [0.717, 1.165) is 30.1 Å². The van der Waals surface area contributed by atoms with Crippen LogP contribution >= 0.6 is 0 Å². The molecule has 2 rings (SSSR count). The fourth-order valence-corrected chi connectivity index (χ4v) is 2.79. The minimum atomic E-state index is 0.175. The molecule has 19 heavy (non-hydrogen) atoms. The maximum absolute atomic E-state index is 8.74. The molecule has 1 heterocycles. The minimum Gasteiger partial charge on any atom is -0.409 e. The van der Waals surface area contributed by atoms with Gasteiger partial charge in [-0.3, -0.25) is 0 Å². The second kappa shape index (κ2) is 5.95. The summed E-state index contributed by atoms with van der Waals surface area (Å²) in [5, 5.41) is 11.8. The Kier molecular flexibility index (Phi) is 4.30. The average molecular weight is 261 g/mol. The van der Waals surface area contributed by atoms with Crippen molar-refractivity contribution in [3.8, 4) is 0 Å². The van der Waals surface area contributed by atoms with Crippen LogP contribution in [0.1, 0.15) is 37.3 Å². The molecule has 4 heteroatoms. The lowest BCUT2D eigenvalue weighted by molar-refractivity contribution is 0.318. The van der Waals surface area contributed by atoms with Crippen molar-refractivity contribution in [2.45, 2.75) is 33.1 Å². The molecule has 3 N–H and O–H groups in total. The number of oxime groups is 1. The van der Waals surface area contributed by atoms with E-state index < -0.39 is 0 Å². The summed E-state index contributed by atoms with van der Waals surface area (Å²) in [4.78, 5) is 2.43. The van der Waals surface area contributed by atoms with Crippen LogP contribution in [-0.4, -0.2) is 24.1 Å². The van der Waals surface area contributed by atoms with E-state index in [9.17, 15) is 0 Å². The van der Waals surface area contributed by atoms with Crippen LogP contribution in [0.5, 0.6) is 0 Å². The van der Waals surface area contributed by atoms with Gasteiger partial charge in [-0.05, 0) is 49.4 Å². The third-order valence-electron chi connectivity index (χ3n) is 4.15. The van der Waals surface area contributed by atoms with E-state index in [4.69, 9.17) is 10.9 Å². The highest BCUT2D eigenvalue weighted by molar-refractivity contribution is 5.98. The van der Waals surface area contributed by atoms with Gasteiger partial charge in [-0.1, -0.05) is 18.5 Å². The molecule has 0 atom stereocenters. The molecule has 0 unspecified atom stereocenters. The van der Waals surface area contributed by atoms with Crippen LogP contribution in [0.25, 0.3) is 0 Å². The molecule has 0 aliphatic carbocycles. The van der Waals surface area contributed by atoms with Gasteiger partial charge >= 0.3 is 0 Å². The van der Waals surface area contributed by atoms with Crippen molar-refractivity contribution in [1.82, 2.24) is 0 Å². The molecule has 1 aliphatic rings. The van der Waals surface area contributed by atoms with E-state index in [-0.39, 0.29) is 5.84 Å². The third kappa shape index (κ3) is 3.00. The van der Waals surface area contributed by atoms with Crippen molar-refractivity contribution in [1.29, 1.82) is 0 Å². The quantitative estimate of drug-likeness (QED) is 0.380. The van der Waals surface area contributed by atoms with Crippen LogP contribution in [-0.2, 0) is 0 Å². The number of nitrogens with zero attached hydrogens (tertiary/aromatic N) is 2. The number of hydrogen-bond donors (Lipinski definition) is 2. The summed E-state index contributed by atoms with van der Waals surface area (Å²) in [5.74, 6) is 1.06. The Morgan fingerprint density at radius 3 is 2.63 bits per heavy atom. The number of benzene rings is 1. The Morgan fingerprint density at radius 1 is 1.42 bits per heavy atom. The highest BCUT2D eigenvalue weighted by Crippen LogP contribution is 2.26. The lowest BCUT2D eigenvalue weighted by atomic mass is 9.94. The van der Waals surface area contributed by atoms with Crippen LogP contribution in [0.4, 0.5) is 5.69 Å². The number of rotatable bonds is 3. The van der Waals surface area contributed by atoms with Gasteiger partial charge in [0.1, 0.15) is 0 Å². The minimum absolute atomic E-state index is 0.175.